The SMILES string of the molecule is COc1cccc(-c2nc3ccccn3c2NC(=O)c2cccs2)c1. The molecule has 1 amide bonds. The van der Waals surface area contributed by atoms with Gasteiger partial charge in [0.2, 0.25) is 0 Å². The van der Waals surface area contributed by atoms with Gasteiger partial charge in [-0.15, -0.1) is 11.3 Å². The molecule has 0 saturated carbocycles. The number of pyridine rings is 1. The Balaban J connectivity index is 1.84. The van der Waals surface area contributed by atoms with Gasteiger partial charge in [0.05, 0.1) is 12.0 Å². The standard InChI is InChI=1S/C19H15N3O2S/c1-24-14-7-4-6-13(12-14)17-18(21-19(23)15-8-5-11-25-15)22-10-3-2-9-16(22)20-17/h2-12H,1H3,(H,21,23). The van der Waals surface area contributed by atoms with Crippen molar-refractivity contribution < 1.29 is 9.53 Å². The fourth-order valence-corrected chi connectivity index (χ4v) is 3.28. The first-order valence-electron chi connectivity index (χ1n) is 7.72. The normalized spacial score (nSPS) is 10.8. The number of hydrogen-bond acceptors (Lipinski definition) is 4. The van der Waals surface area contributed by atoms with Crippen LogP contribution in [0.1, 0.15) is 9.67 Å². The summed E-state index contributed by atoms with van der Waals surface area (Å²) in [5, 5.41) is 4.88. The molecule has 3 aromatic heterocycles. The van der Waals surface area contributed by atoms with E-state index in [-0.39, 0.29) is 5.91 Å². The number of hydrogen-bond donors (Lipinski definition) is 1. The maximum Gasteiger partial charge on any atom is 0.266 e. The molecule has 0 saturated heterocycles. The summed E-state index contributed by atoms with van der Waals surface area (Å²) in [7, 11) is 1.63. The van der Waals surface area contributed by atoms with E-state index in [0.29, 0.717) is 16.4 Å². The fraction of sp³-hybridized carbons (Fsp3) is 0.0526. The number of ether oxygens (including phenoxy) is 1. The van der Waals surface area contributed by atoms with Crippen LogP contribution < -0.4 is 10.1 Å². The summed E-state index contributed by atoms with van der Waals surface area (Å²) < 4.78 is 7.19. The number of amides is 1. The molecule has 6 heteroatoms. The zero-order chi connectivity index (χ0) is 17.2. The molecule has 1 aromatic carbocycles. The lowest BCUT2D eigenvalue weighted by Gasteiger charge is -2.08. The van der Waals surface area contributed by atoms with E-state index in [2.05, 4.69) is 10.3 Å². The number of nitrogens with zero attached hydrogens (tertiary/aromatic N) is 2. The number of fused-ring (bicyclic) bond motifs is 1. The minimum Gasteiger partial charge on any atom is -0.497 e. The Bertz CT molecular complexity index is 1040. The van der Waals surface area contributed by atoms with Gasteiger partial charge < -0.3 is 10.1 Å². The van der Waals surface area contributed by atoms with Crippen molar-refractivity contribution in [2.75, 3.05) is 12.4 Å². The van der Waals surface area contributed by atoms with Crippen LogP contribution in [0.2, 0.25) is 0 Å². The number of anilines is 1. The second kappa shape index (κ2) is 6.41. The minimum atomic E-state index is -0.148. The van der Waals surface area contributed by atoms with Crippen molar-refractivity contribution in [3.63, 3.8) is 0 Å². The number of benzene rings is 1. The number of aromatic nitrogens is 2. The Morgan fingerprint density at radius 2 is 2.08 bits per heavy atom. The molecule has 25 heavy (non-hydrogen) atoms. The smallest absolute Gasteiger partial charge is 0.266 e. The third kappa shape index (κ3) is 2.88. The molecule has 124 valence electrons. The van der Waals surface area contributed by atoms with E-state index in [4.69, 9.17) is 4.74 Å². The second-order valence-corrected chi connectivity index (χ2v) is 6.35. The largest absolute Gasteiger partial charge is 0.497 e. The van der Waals surface area contributed by atoms with E-state index in [1.54, 1.807) is 13.2 Å². The van der Waals surface area contributed by atoms with Gasteiger partial charge in [0.1, 0.15) is 22.9 Å². The van der Waals surface area contributed by atoms with Crippen LogP contribution in [0.25, 0.3) is 16.9 Å². The van der Waals surface area contributed by atoms with Crippen molar-refractivity contribution in [3.8, 4) is 17.0 Å². The first-order chi connectivity index (χ1) is 12.3. The number of nitrogens with one attached hydrogen (secondary N) is 1. The van der Waals surface area contributed by atoms with Gasteiger partial charge >= 0.3 is 0 Å². The van der Waals surface area contributed by atoms with Crippen LogP contribution in [0.3, 0.4) is 0 Å². The maximum absolute atomic E-state index is 12.6. The van der Waals surface area contributed by atoms with Crippen molar-refractivity contribution in [1.29, 1.82) is 0 Å². The van der Waals surface area contributed by atoms with E-state index in [1.807, 2.05) is 64.5 Å². The minimum absolute atomic E-state index is 0.148. The molecule has 0 aliphatic heterocycles. The molecule has 4 rings (SSSR count). The summed E-state index contributed by atoms with van der Waals surface area (Å²) in [6, 6.07) is 17.0. The maximum atomic E-state index is 12.6. The molecule has 4 aromatic rings. The van der Waals surface area contributed by atoms with Crippen LogP contribution >= 0.6 is 11.3 Å². The first-order valence-corrected chi connectivity index (χ1v) is 8.60. The highest BCUT2D eigenvalue weighted by Crippen LogP contribution is 2.31. The molecule has 1 N–H and O–H groups in total. The lowest BCUT2D eigenvalue weighted by atomic mass is 10.1. The summed E-state index contributed by atoms with van der Waals surface area (Å²) >= 11 is 1.40. The summed E-state index contributed by atoms with van der Waals surface area (Å²) in [6.45, 7) is 0. The Hall–Kier alpha value is -3.12. The Labute approximate surface area is 148 Å². The first kappa shape index (κ1) is 15.4. The third-order valence-electron chi connectivity index (χ3n) is 3.85. The zero-order valence-electron chi connectivity index (χ0n) is 13.5. The topological polar surface area (TPSA) is 55.6 Å². The van der Waals surface area contributed by atoms with E-state index >= 15 is 0 Å². The summed E-state index contributed by atoms with van der Waals surface area (Å²) in [4.78, 5) is 17.9. The van der Waals surface area contributed by atoms with E-state index in [9.17, 15) is 4.79 Å². The number of imidazole rings is 1. The van der Waals surface area contributed by atoms with E-state index in [1.165, 1.54) is 11.3 Å². The predicted octanol–water partition coefficient (Wildman–Crippen LogP) is 4.32. The van der Waals surface area contributed by atoms with Gasteiger partial charge in [0.15, 0.2) is 0 Å². The van der Waals surface area contributed by atoms with Crippen LogP contribution in [0, 0.1) is 0 Å². The van der Waals surface area contributed by atoms with Crippen molar-refractivity contribution in [1.82, 2.24) is 9.38 Å². The lowest BCUT2D eigenvalue weighted by Crippen LogP contribution is -2.12. The van der Waals surface area contributed by atoms with Gasteiger partial charge in [-0.3, -0.25) is 9.20 Å². The predicted molar refractivity (Wildman–Crippen MR) is 99.5 cm³/mol. The van der Waals surface area contributed by atoms with Crippen molar-refractivity contribution in [3.05, 3.63) is 71.1 Å². The van der Waals surface area contributed by atoms with Crippen LogP contribution in [0.5, 0.6) is 5.75 Å². The van der Waals surface area contributed by atoms with Crippen LogP contribution in [-0.2, 0) is 0 Å². The molecule has 0 aliphatic carbocycles. The highest BCUT2D eigenvalue weighted by atomic mass is 32.1. The molecule has 0 spiro atoms. The molecule has 0 aliphatic rings. The van der Waals surface area contributed by atoms with Crippen LogP contribution in [-0.4, -0.2) is 22.4 Å². The molecule has 0 radical (unpaired) electrons. The second-order valence-electron chi connectivity index (χ2n) is 5.40. The van der Waals surface area contributed by atoms with Gasteiger partial charge in [-0.05, 0) is 35.7 Å². The quantitative estimate of drug-likeness (QED) is 0.597. The molecular formula is C19H15N3O2S. The summed E-state index contributed by atoms with van der Waals surface area (Å²) in [6.07, 6.45) is 1.88. The van der Waals surface area contributed by atoms with E-state index < -0.39 is 0 Å². The molecule has 5 nitrogen and oxygen atoms in total. The lowest BCUT2D eigenvalue weighted by molar-refractivity contribution is 0.103. The van der Waals surface area contributed by atoms with Crippen LogP contribution in [0.4, 0.5) is 5.82 Å². The molecule has 0 unspecified atom stereocenters. The Morgan fingerprint density at radius 1 is 1.16 bits per heavy atom. The van der Waals surface area contributed by atoms with Crippen molar-refractivity contribution in [2.24, 2.45) is 0 Å². The molecule has 0 atom stereocenters. The Morgan fingerprint density at radius 3 is 2.88 bits per heavy atom. The monoisotopic (exact) mass is 349 g/mol. The fourth-order valence-electron chi connectivity index (χ4n) is 2.66. The van der Waals surface area contributed by atoms with Gasteiger partial charge in [-0.1, -0.05) is 24.3 Å². The zero-order valence-corrected chi connectivity index (χ0v) is 14.3. The third-order valence-corrected chi connectivity index (χ3v) is 4.72. The Kier molecular flexibility index (Phi) is 3.95. The van der Waals surface area contributed by atoms with Gasteiger partial charge in [0.25, 0.3) is 5.91 Å². The average molecular weight is 349 g/mol. The molecule has 3 heterocycles. The van der Waals surface area contributed by atoms with Gasteiger partial charge in [-0.2, -0.15) is 0 Å². The van der Waals surface area contributed by atoms with Crippen molar-refractivity contribution >= 4 is 28.7 Å². The highest BCUT2D eigenvalue weighted by molar-refractivity contribution is 7.12. The number of rotatable bonds is 4. The number of carbonyl (C=O) groups excluding carboxylic acids is 1. The molecule has 0 fully saturated rings. The summed E-state index contributed by atoms with van der Waals surface area (Å²) in [5.41, 5.74) is 2.35. The van der Waals surface area contributed by atoms with Crippen LogP contribution in [0.15, 0.2) is 66.2 Å². The van der Waals surface area contributed by atoms with Gasteiger partial charge in [0, 0.05) is 11.8 Å². The number of thiophene rings is 1. The van der Waals surface area contributed by atoms with E-state index in [0.717, 1.165) is 17.0 Å². The molecule has 0 bridgehead atoms. The molecular weight excluding hydrogens is 334 g/mol. The summed E-state index contributed by atoms with van der Waals surface area (Å²) in [5.74, 6) is 1.23. The number of methoxy groups -OCH3 is 1. The number of carbonyl (C=O) groups is 1. The highest BCUT2D eigenvalue weighted by Gasteiger charge is 2.18. The average Bonchev–Trinajstić information content (AvgIpc) is 3.30. The van der Waals surface area contributed by atoms with Crippen molar-refractivity contribution in [2.45, 2.75) is 0 Å². The van der Waals surface area contributed by atoms with Gasteiger partial charge in [-0.25, -0.2) is 4.98 Å².